The van der Waals surface area contributed by atoms with E-state index in [2.05, 4.69) is 51.7 Å². The van der Waals surface area contributed by atoms with Crippen LogP contribution in [0.15, 0.2) is 53.8 Å². The third-order valence-corrected chi connectivity index (χ3v) is 7.11. The zero-order chi connectivity index (χ0) is 23.5. The Morgan fingerprint density at radius 1 is 1.09 bits per heavy atom. The van der Waals surface area contributed by atoms with E-state index >= 15 is 0 Å². The fourth-order valence-electron chi connectivity index (χ4n) is 5.07. The molecule has 0 saturated carbocycles. The van der Waals surface area contributed by atoms with Gasteiger partial charge in [-0.2, -0.15) is 10.4 Å². The number of hydrogen-bond donors (Lipinski definition) is 2. The van der Waals surface area contributed by atoms with Crippen molar-refractivity contribution in [2.24, 2.45) is 16.9 Å². The van der Waals surface area contributed by atoms with E-state index in [0.29, 0.717) is 5.56 Å². The molecule has 3 heterocycles. The molecule has 172 valence electrons. The fraction of sp³-hybridized carbons (Fsp3) is 0.333. The van der Waals surface area contributed by atoms with E-state index < -0.39 is 0 Å². The van der Waals surface area contributed by atoms with E-state index in [0.717, 1.165) is 90.4 Å². The molecule has 2 saturated heterocycles. The van der Waals surface area contributed by atoms with Gasteiger partial charge in [-0.15, -0.1) is 0 Å². The van der Waals surface area contributed by atoms with E-state index in [1.165, 1.54) is 0 Å². The predicted octanol–water partition coefficient (Wildman–Crippen LogP) is 4.45. The molecule has 0 spiro atoms. The Morgan fingerprint density at radius 2 is 1.79 bits per heavy atom. The van der Waals surface area contributed by atoms with Crippen molar-refractivity contribution in [1.82, 2.24) is 15.3 Å². The molecule has 2 aliphatic heterocycles. The molecule has 0 aliphatic carbocycles. The molecule has 34 heavy (non-hydrogen) atoms. The van der Waals surface area contributed by atoms with Crippen molar-refractivity contribution < 1.29 is 0 Å². The van der Waals surface area contributed by atoms with Crippen LogP contribution in [0.2, 0.25) is 0 Å². The maximum absolute atomic E-state index is 9.24. The number of hydrogen-bond acceptors (Lipinski definition) is 7. The Kier molecular flexibility index (Phi) is 6.24. The maximum Gasteiger partial charge on any atom is 0.225 e. The van der Waals surface area contributed by atoms with Crippen LogP contribution in [0.5, 0.6) is 0 Å². The maximum atomic E-state index is 9.24. The second-order valence-electron chi connectivity index (χ2n) is 9.16. The van der Waals surface area contributed by atoms with Crippen LogP contribution in [-0.2, 0) is 0 Å². The first-order chi connectivity index (χ1) is 16.7. The summed E-state index contributed by atoms with van der Waals surface area (Å²) >= 11 is 0. The molecule has 5 rings (SSSR count). The van der Waals surface area contributed by atoms with Gasteiger partial charge in [-0.05, 0) is 74.0 Å². The highest BCUT2D eigenvalue weighted by Crippen LogP contribution is 2.35. The number of fused-ring (bicyclic) bond motifs is 1. The molecule has 2 N–H and O–H groups in total. The number of nitrogens with one attached hydrogen (secondary N) is 2. The van der Waals surface area contributed by atoms with Crippen LogP contribution in [-0.4, -0.2) is 42.9 Å². The summed E-state index contributed by atoms with van der Waals surface area (Å²) in [5.41, 5.74) is 9.35. The molecule has 7 nitrogen and oxygen atoms in total. The van der Waals surface area contributed by atoms with E-state index in [-0.39, 0.29) is 0 Å². The number of rotatable bonds is 5. The minimum absolute atomic E-state index is 0.631. The fourth-order valence-corrected chi connectivity index (χ4v) is 5.07. The molecule has 0 amide bonds. The molecule has 0 bridgehead atoms. The van der Waals surface area contributed by atoms with Gasteiger partial charge in [0, 0.05) is 37.1 Å². The van der Waals surface area contributed by atoms with Crippen molar-refractivity contribution in [3.05, 3.63) is 59.8 Å². The standard InChI is InChI=1S/C27H29N7/c1-18-3-6-21(13-25(18)33-29-2)24-17-31-27(32-26(24)20-7-4-19(14-28)5-8-20)34-11-9-22-15-30-16-23(22)10-12-34/h3-8,13,17,22-23,30,33H,2,9-12,15-16H2,1H3. The lowest BCUT2D eigenvalue weighted by Crippen LogP contribution is -2.27. The third kappa shape index (κ3) is 4.37. The van der Waals surface area contributed by atoms with Crippen LogP contribution >= 0.6 is 0 Å². The number of nitriles is 1. The van der Waals surface area contributed by atoms with Crippen molar-refractivity contribution in [3.8, 4) is 28.5 Å². The number of anilines is 2. The summed E-state index contributed by atoms with van der Waals surface area (Å²) in [6.07, 6.45) is 4.26. The highest BCUT2D eigenvalue weighted by atomic mass is 15.3. The first-order valence-electron chi connectivity index (χ1n) is 11.8. The van der Waals surface area contributed by atoms with E-state index in [1.54, 1.807) is 0 Å². The number of nitrogens with zero attached hydrogens (tertiary/aromatic N) is 5. The summed E-state index contributed by atoms with van der Waals surface area (Å²) < 4.78 is 0. The molecule has 1 aromatic heterocycles. The average molecular weight is 452 g/mol. The van der Waals surface area contributed by atoms with Crippen LogP contribution in [0.4, 0.5) is 11.6 Å². The molecule has 2 unspecified atom stereocenters. The summed E-state index contributed by atoms with van der Waals surface area (Å²) in [7, 11) is 0. The smallest absolute Gasteiger partial charge is 0.225 e. The molecule has 2 aromatic carbocycles. The Bertz CT molecular complexity index is 1210. The van der Waals surface area contributed by atoms with E-state index in [9.17, 15) is 5.26 Å². The third-order valence-electron chi connectivity index (χ3n) is 7.11. The van der Waals surface area contributed by atoms with Crippen LogP contribution in [0.1, 0.15) is 24.0 Å². The SMILES string of the molecule is C=NNc1cc(-c2cnc(N3CCC4CNCC4CC3)nc2-c2ccc(C#N)cc2)ccc1C. The summed E-state index contributed by atoms with van der Waals surface area (Å²) in [5, 5.41) is 16.6. The monoisotopic (exact) mass is 451 g/mol. The summed E-state index contributed by atoms with van der Waals surface area (Å²) in [4.78, 5) is 12.2. The first-order valence-corrected chi connectivity index (χ1v) is 11.8. The normalized spacial score (nSPS) is 19.7. The van der Waals surface area contributed by atoms with Crippen molar-refractivity contribution in [2.75, 3.05) is 36.5 Å². The van der Waals surface area contributed by atoms with Gasteiger partial charge in [0.05, 0.1) is 23.0 Å². The van der Waals surface area contributed by atoms with Crippen LogP contribution < -0.4 is 15.6 Å². The molecule has 2 aliphatic rings. The lowest BCUT2D eigenvalue weighted by molar-refractivity contribution is 0.409. The highest BCUT2D eigenvalue weighted by Gasteiger charge is 2.31. The molecular formula is C27H29N7. The Morgan fingerprint density at radius 3 is 2.47 bits per heavy atom. The number of aromatic nitrogens is 2. The van der Waals surface area contributed by atoms with Gasteiger partial charge in [-0.1, -0.05) is 24.3 Å². The van der Waals surface area contributed by atoms with Crippen molar-refractivity contribution in [1.29, 1.82) is 5.26 Å². The van der Waals surface area contributed by atoms with Gasteiger partial charge in [0.2, 0.25) is 5.95 Å². The van der Waals surface area contributed by atoms with E-state index in [1.807, 2.05) is 37.4 Å². The van der Waals surface area contributed by atoms with Crippen LogP contribution in [0.25, 0.3) is 22.4 Å². The van der Waals surface area contributed by atoms with Crippen molar-refractivity contribution in [3.63, 3.8) is 0 Å². The minimum Gasteiger partial charge on any atom is -0.341 e. The second kappa shape index (κ2) is 9.62. The topological polar surface area (TPSA) is 89.2 Å². The molecule has 3 aromatic rings. The van der Waals surface area contributed by atoms with Crippen molar-refractivity contribution in [2.45, 2.75) is 19.8 Å². The quantitative estimate of drug-likeness (QED) is 0.440. The predicted molar refractivity (Wildman–Crippen MR) is 137 cm³/mol. The molecule has 7 heteroatoms. The van der Waals surface area contributed by atoms with Gasteiger partial charge in [-0.3, -0.25) is 5.43 Å². The average Bonchev–Trinajstić information content (AvgIpc) is 3.23. The van der Waals surface area contributed by atoms with Gasteiger partial charge in [0.1, 0.15) is 0 Å². The Hall–Kier alpha value is -3.76. The summed E-state index contributed by atoms with van der Waals surface area (Å²) in [6.45, 7) is 9.77. The Balaban J connectivity index is 1.55. The Labute approximate surface area is 200 Å². The van der Waals surface area contributed by atoms with Gasteiger partial charge in [0.15, 0.2) is 0 Å². The lowest BCUT2D eigenvalue weighted by Gasteiger charge is -2.22. The largest absolute Gasteiger partial charge is 0.341 e. The van der Waals surface area contributed by atoms with E-state index in [4.69, 9.17) is 9.97 Å². The molecule has 2 fully saturated rings. The molecule has 0 radical (unpaired) electrons. The zero-order valence-electron chi connectivity index (χ0n) is 19.5. The van der Waals surface area contributed by atoms with Crippen LogP contribution in [0.3, 0.4) is 0 Å². The van der Waals surface area contributed by atoms with Gasteiger partial charge >= 0.3 is 0 Å². The van der Waals surface area contributed by atoms with Gasteiger partial charge < -0.3 is 10.2 Å². The van der Waals surface area contributed by atoms with Crippen LogP contribution in [0, 0.1) is 30.1 Å². The van der Waals surface area contributed by atoms with Gasteiger partial charge in [0.25, 0.3) is 0 Å². The second-order valence-corrected chi connectivity index (χ2v) is 9.16. The van der Waals surface area contributed by atoms with Crippen molar-refractivity contribution >= 4 is 18.4 Å². The molecular weight excluding hydrogens is 422 g/mol. The summed E-state index contributed by atoms with van der Waals surface area (Å²) in [5.74, 6) is 2.27. The first kappa shape index (κ1) is 22.1. The lowest BCUT2D eigenvalue weighted by atomic mass is 9.92. The zero-order valence-corrected chi connectivity index (χ0v) is 19.5. The summed E-state index contributed by atoms with van der Waals surface area (Å²) in [6, 6.07) is 16.0. The highest BCUT2D eigenvalue weighted by molar-refractivity contribution is 5.83. The number of aryl methyl sites for hydroxylation is 1. The molecule has 2 atom stereocenters. The number of benzene rings is 2. The number of hydrazone groups is 1. The van der Waals surface area contributed by atoms with Gasteiger partial charge in [-0.25, -0.2) is 9.97 Å². The minimum atomic E-state index is 0.631.